The molecule has 6 heteroatoms. The van der Waals surface area contributed by atoms with Gasteiger partial charge >= 0.3 is 0 Å². The van der Waals surface area contributed by atoms with Crippen molar-refractivity contribution in [3.05, 3.63) is 29.5 Å². The minimum atomic E-state index is -0.299. The monoisotopic (exact) mass is 306 g/mol. The molecule has 1 aliphatic rings. The number of amides is 1. The summed E-state index contributed by atoms with van der Waals surface area (Å²) in [6.07, 6.45) is 2.99. The van der Waals surface area contributed by atoms with E-state index >= 15 is 0 Å². The summed E-state index contributed by atoms with van der Waals surface area (Å²) in [4.78, 5) is 18.6. The van der Waals surface area contributed by atoms with E-state index in [9.17, 15) is 9.90 Å². The molecule has 1 aliphatic heterocycles. The lowest BCUT2D eigenvalue weighted by molar-refractivity contribution is 0.0518. The number of furan rings is 1. The highest BCUT2D eigenvalue weighted by molar-refractivity contribution is 7.13. The van der Waals surface area contributed by atoms with Gasteiger partial charge in [0.1, 0.15) is 5.69 Å². The third-order valence-electron chi connectivity index (χ3n) is 3.96. The Kier molecular flexibility index (Phi) is 4.07. The van der Waals surface area contributed by atoms with Gasteiger partial charge in [-0.1, -0.05) is 0 Å². The highest BCUT2D eigenvalue weighted by atomic mass is 32.1. The first-order chi connectivity index (χ1) is 10.1. The van der Waals surface area contributed by atoms with E-state index in [0.717, 1.165) is 17.8 Å². The van der Waals surface area contributed by atoms with Crippen molar-refractivity contribution in [2.45, 2.75) is 25.9 Å². The molecule has 0 aromatic carbocycles. The Balaban J connectivity index is 1.66. The smallest absolute Gasteiger partial charge is 0.273 e. The number of likely N-dealkylation sites (tertiary alicyclic amines) is 1. The predicted molar refractivity (Wildman–Crippen MR) is 80.1 cm³/mol. The molecular weight excluding hydrogens is 288 g/mol. The minimum absolute atomic E-state index is 0.0342. The van der Waals surface area contributed by atoms with Crippen LogP contribution in [0.5, 0.6) is 0 Å². The fourth-order valence-electron chi connectivity index (χ4n) is 2.63. The number of piperidine rings is 1. The van der Waals surface area contributed by atoms with Crippen LogP contribution in [-0.4, -0.2) is 40.1 Å². The second-order valence-electron chi connectivity index (χ2n) is 5.39. The summed E-state index contributed by atoms with van der Waals surface area (Å²) in [6.45, 7) is 3.18. The molecule has 1 amide bonds. The molecule has 0 radical (unpaired) electrons. The lowest BCUT2D eigenvalue weighted by Gasteiger charge is -2.32. The molecule has 1 N–H and O–H groups in total. The van der Waals surface area contributed by atoms with Crippen molar-refractivity contribution < 1.29 is 14.3 Å². The fourth-order valence-corrected chi connectivity index (χ4v) is 3.39. The summed E-state index contributed by atoms with van der Waals surface area (Å²) < 4.78 is 5.29. The maximum atomic E-state index is 12.4. The number of thiazole rings is 1. The zero-order valence-electron chi connectivity index (χ0n) is 11.9. The Morgan fingerprint density at radius 2 is 2.29 bits per heavy atom. The van der Waals surface area contributed by atoms with Crippen molar-refractivity contribution in [1.82, 2.24) is 9.88 Å². The molecule has 0 saturated carbocycles. The van der Waals surface area contributed by atoms with E-state index < -0.39 is 0 Å². The number of aliphatic hydroxyl groups excluding tert-OH is 1. The average molecular weight is 306 g/mol. The third-order valence-corrected chi connectivity index (χ3v) is 4.82. The van der Waals surface area contributed by atoms with Gasteiger partial charge in [0.25, 0.3) is 5.91 Å². The van der Waals surface area contributed by atoms with Gasteiger partial charge in [0.15, 0.2) is 10.8 Å². The lowest BCUT2D eigenvalue weighted by Crippen LogP contribution is -2.40. The van der Waals surface area contributed by atoms with Gasteiger partial charge in [-0.25, -0.2) is 4.98 Å². The number of carbonyl (C=O) groups is 1. The Labute approximate surface area is 127 Å². The molecule has 1 saturated heterocycles. The lowest BCUT2D eigenvalue weighted by atomic mass is 9.92. The predicted octanol–water partition coefficient (Wildman–Crippen LogP) is 2.64. The van der Waals surface area contributed by atoms with Gasteiger partial charge in [-0.2, -0.15) is 0 Å². The van der Waals surface area contributed by atoms with Crippen LogP contribution in [0, 0.1) is 5.92 Å². The van der Waals surface area contributed by atoms with E-state index in [2.05, 4.69) is 4.98 Å². The molecule has 3 heterocycles. The molecule has 2 aromatic heterocycles. The Bertz CT molecular complexity index is 598. The molecule has 5 nitrogen and oxygen atoms in total. The third kappa shape index (κ3) is 3.01. The summed E-state index contributed by atoms with van der Waals surface area (Å²) in [6, 6.07) is 3.64. The van der Waals surface area contributed by atoms with Gasteiger partial charge in [0.05, 0.1) is 12.4 Å². The molecule has 112 valence electrons. The summed E-state index contributed by atoms with van der Waals surface area (Å²) in [5.41, 5.74) is 0.474. The minimum Gasteiger partial charge on any atom is -0.462 e. The van der Waals surface area contributed by atoms with Crippen molar-refractivity contribution in [2.24, 2.45) is 5.92 Å². The van der Waals surface area contributed by atoms with Crippen LogP contribution in [0.3, 0.4) is 0 Å². The largest absolute Gasteiger partial charge is 0.462 e. The molecule has 2 aromatic rings. The summed E-state index contributed by atoms with van der Waals surface area (Å²) in [5.74, 6) is 0.947. The van der Waals surface area contributed by atoms with Crippen LogP contribution >= 0.6 is 11.3 Å². The van der Waals surface area contributed by atoms with Gasteiger partial charge in [0, 0.05) is 18.5 Å². The number of nitrogens with zero attached hydrogens (tertiary/aromatic N) is 2. The zero-order valence-corrected chi connectivity index (χ0v) is 12.7. The van der Waals surface area contributed by atoms with Gasteiger partial charge in [-0.3, -0.25) is 4.79 Å². The van der Waals surface area contributed by atoms with E-state index in [1.807, 2.05) is 17.9 Å². The van der Waals surface area contributed by atoms with E-state index in [-0.39, 0.29) is 12.0 Å². The van der Waals surface area contributed by atoms with Gasteiger partial charge in [0.2, 0.25) is 0 Å². The fraction of sp³-hybridized carbons (Fsp3) is 0.467. The first kappa shape index (κ1) is 14.3. The van der Waals surface area contributed by atoms with E-state index in [1.165, 1.54) is 11.3 Å². The number of aromatic nitrogens is 1. The van der Waals surface area contributed by atoms with Gasteiger partial charge < -0.3 is 14.4 Å². The highest BCUT2D eigenvalue weighted by Crippen LogP contribution is 2.26. The first-order valence-corrected chi connectivity index (χ1v) is 8.00. The molecule has 1 atom stereocenters. The van der Waals surface area contributed by atoms with Crippen LogP contribution in [-0.2, 0) is 0 Å². The van der Waals surface area contributed by atoms with Crippen molar-refractivity contribution in [3.8, 4) is 10.8 Å². The molecule has 0 aliphatic carbocycles. The maximum Gasteiger partial charge on any atom is 0.273 e. The molecule has 1 unspecified atom stereocenters. The Morgan fingerprint density at radius 3 is 2.90 bits per heavy atom. The quantitative estimate of drug-likeness (QED) is 0.946. The van der Waals surface area contributed by atoms with Crippen molar-refractivity contribution in [3.63, 3.8) is 0 Å². The van der Waals surface area contributed by atoms with Crippen molar-refractivity contribution in [2.75, 3.05) is 13.1 Å². The Hall–Kier alpha value is -1.66. The van der Waals surface area contributed by atoms with E-state index in [0.29, 0.717) is 30.5 Å². The van der Waals surface area contributed by atoms with Gasteiger partial charge in [-0.05, 0) is 37.8 Å². The number of hydrogen-bond donors (Lipinski definition) is 1. The SMILES string of the molecule is CC(O)C1CCN(C(=O)c2csc(-c3ccco3)n2)CC1. The van der Waals surface area contributed by atoms with Crippen LogP contribution < -0.4 is 0 Å². The number of rotatable bonds is 3. The molecule has 3 rings (SSSR count). The second kappa shape index (κ2) is 5.99. The zero-order chi connectivity index (χ0) is 14.8. The number of carbonyl (C=O) groups excluding carboxylic acids is 1. The van der Waals surface area contributed by atoms with E-state index in [4.69, 9.17) is 4.42 Å². The van der Waals surface area contributed by atoms with Crippen LogP contribution in [0.1, 0.15) is 30.3 Å². The average Bonchev–Trinajstić information content (AvgIpc) is 3.17. The molecule has 21 heavy (non-hydrogen) atoms. The van der Waals surface area contributed by atoms with Crippen LogP contribution in [0.15, 0.2) is 28.2 Å². The summed E-state index contributed by atoms with van der Waals surface area (Å²) >= 11 is 1.41. The summed E-state index contributed by atoms with van der Waals surface area (Å²) in [5, 5.41) is 12.1. The topological polar surface area (TPSA) is 66.6 Å². The molecular formula is C15H18N2O3S. The highest BCUT2D eigenvalue weighted by Gasteiger charge is 2.27. The van der Waals surface area contributed by atoms with Crippen LogP contribution in [0.2, 0.25) is 0 Å². The van der Waals surface area contributed by atoms with E-state index in [1.54, 1.807) is 17.7 Å². The number of hydrogen-bond acceptors (Lipinski definition) is 5. The number of aliphatic hydroxyl groups is 1. The first-order valence-electron chi connectivity index (χ1n) is 7.12. The normalized spacial score (nSPS) is 17.9. The maximum absolute atomic E-state index is 12.4. The van der Waals surface area contributed by atoms with Crippen molar-refractivity contribution >= 4 is 17.2 Å². The molecule has 0 spiro atoms. The standard InChI is InChI=1S/C15H18N2O3S/c1-10(18)11-4-6-17(7-5-11)15(19)12-9-21-14(16-12)13-3-2-8-20-13/h2-3,8-11,18H,4-7H2,1H3. The van der Waals surface area contributed by atoms with Gasteiger partial charge in [-0.15, -0.1) is 11.3 Å². The second-order valence-corrected chi connectivity index (χ2v) is 6.24. The van der Waals surface area contributed by atoms with Crippen LogP contribution in [0.4, 0.5) is 0 Å². The summed E-state index contributed by atoms with van der Waals surface area (Å²) in [7, 11) is 0. The Morgan fingerprint density at radius 1 is 1.52 bits per heavy atom. The van der Waals surface area contributed by atoms with Crippen LogP contribution in [0.25, 0.3) is 10.8 Å². The molecule has 0 bridgehead atoms. The van der Waals surface area contributed by atoms with Crippen molar-refractivity contribution in [1.29, 1.82) is 0 Å². The molecule has 1 fully saturated rings.